The Morgan fingerprint density at radius 1 is 1.59 bits per heavy atom. The third kappa shape index (κ3) is 1.27. The second-order valence-electron chi connectivity index (χ2n) is 6.73. The van der Waals surface area contributed by atoms with Gasteiger partial charge in [0.1, 0.15) is 0 Å². The summed E-state index contributed by atoms with van der Waals surface area (Å²) in [4.78, 5) is 14.8. The number of benzene rings is 1. The third-order valence-electron chi connectivity index (χ3n) is 5.94. The first-order chi connectivity index (χ1) is 13.4. The molecule has 1 unspecified atom stereocenters. The molecule has 1 aromatic carbocycles. The van der Waals surface area contributed by atoms with Gasteiger partial charge in [-0.3, -0.25) is 4.79 Å². The molecular weight excluding hydrogens is 278 g/mol. The molecule has 2 aliphatic heterocycles. The average molecular weight is 306 g/mol. The topological polar surface area (TPSA) is 38.8 Å². The maximum Gasteiger partial charge on any atom is 0.174 e. The van der Waals surface area contributed by atoms with Crippen molar-refractivity contribution in [1.29, 1.82) is 0 Å². The summed E-state index contributed by atoms with van der Waals surface area (Å²) in [6.45, 7) is 0.554. The minimum Gasteiger partial charge on any atom is -0.493 e. The van der Waals surface area contributed by atoms with Crippen LogP contribution in [-0.4, -0.2) is 43.5 Å². The van der Waals surface area contributed by atoms with Gasteiger partial charge in [-0.2, -0.15) is 0 Å². The molecule has 2 bridgehead atoms. The van der Waals surface area contributed by atoms with Crippen LogP contribution in [0.25, 0.3) is 0 Å². The molecule has 4 heteroatoms. The number of ether oxygens (including phenoxy) is 2. The fraction of sp³-hybridized carbons (Fsp3) is 0.611. The number of Topliss-reactive ketones (excluding diaryl/α,β-unsaturated/α-hetero) is 1. The zero-order chi connectivity index (χ0) is 21.1. The number of carbonyl (C=O) groups is 1. The van der Waals surface area contributed by atoms with E-state index in [-0.39, 0.29) is 29.4 Å². The summed E-state index contributed by atoms with van der Waals surface area (Å²) in [5, 5.41) is 0. The summed E-state index contributed by atoms with van der Waals surface area (Å²) < 4.78 is 68.2. The standard InChI is InChI=1S/C18H21NO3/c1-19-8-7-18-11-4-5-13(20)17(18)22-16-14(21-2)6-3-10(15(16)18)9-12(11)19/h3,6,11-12,17H,4-5,7-9H2,1-2H3/t11-,12+,17?,18-/m0/s1/i2D3,3D,6D,9D2. The summed E-state index contributed by atoms with van der Waals surface area (Å²) in [5.41, 5.74) is -0.380. The van der Waals surface area contributed by atoms with Crippen molar-refractivity contribution in [2.45, 2.75) is 43.2 Å². The van der Waals surface area contributed by atoms with Crippen LogP contribution in [0.1, 0.15) is 40.0 Å². The Labute approximate surface area is 140 Å². The normalized spacial score (nSPS) is 46.0. The van der Waals surface area contributed by atoms with E-state index in [1.165, 1.54) is 0 Å². The highest BCUT2D eigenvalue weighted by Crippen LogP contribution is 2.62. The Balaban J connectivity index is 1.89. The molecule has 4 atom stereocenters. The van der Waals surface area contributed by atoms with E-state index in [4.69, 9.17) is 19.1 Å². The Bertz CT molecular complexity index is 947. The average Bonchev–Trinajstić information content (AvgIpc) is 2.94. The van der Waals surface area contributed by atoms with Crippen molar-refractivity contribution >= 4 is 5.78 Å². The largest absolute Gasteiger partial charge is 0.493 e. The van der Waals surface area contributed by atoms with E-state index in [1.54, 1.807) is 0 Å². The van der Waals surface area contributed by atoms with Crippen LogP contribution in [0.2, 0.25) is 0 Å². The Hall–Kier alpha value is -1.55. The lowest BCUT2D eigenvalue weighted by Gasteiger charge is -2.57. The van der Waals surface area contributed by atoms with E-state index >= 15 is 0 Å². The van der Waals surface area contributed by atoms with Crippen molar-refractivity contribution in [2.75, 3.05) is 20.6 Å². The molecule has 4 nitrogen and oxygen atoms in total. The first kappa shape index (κ1) is 7.82. The lowest BCUT2D eigenvalue weighted by molar-refractivity contribution is -0.138. The predicted molar refractivity (Wildman–Crippen MR) is 81.6 cm³/mol. The molecular formula is C18H21NO3. The molecule has 2 fully saturated rings. The lowest BCUT2D eigenvalue weighted by atomic mass is 9.52. The molecule has 22 heavy (non-hydrogen) atoms. The van der Waals surface area contributed by atoms with E-state index < -0.39 is 48.8 Å². The van der Waals surface area contributed by atoms with Gasteiger partial charge in [-0.1, -0.05) is 6.04 Å². The Kier molecular flexibility index (Phi) is 1.44. The van der Waals surface area contributed by atoms with Gasteiger partial charge in [-0.05, 0) is 50.3 Å². The van der Waals surface area contributed by atoms with Gasteiger partial charge in [0, 0.05) is 26.2 Å². The third-order valence-corrected chi connectivity index (χ3v) is 5.94. The van der Waals surface area contributed by atoms with Crippen LogP contribution in [0, 0.1) is 5.92 Å². The zero-order valence-electron chi connectivity index (χ0n) is 19.2. The highest BCUT2D eigenvalue weighted by molar-refractivity contribution is 5.89. The summed E-state index contributed by atoms with van der Waals surface area (Å²) in [6.07, 6.45) is -1.49. The SMILES string of the molecule is [2H]c1c([2H])c2c3c(c1OC([2H])([2H])[2H])OC1C(=O)CC[C@H]4[C@H](N(C)CC[C@]314)C2([2H])[2H]. The van der Waals surface area contributed by atoms with Crippen LogP contribution in [-0.2, 0) is 16.6 Å². The minimum atomic E-state index is -2.87. The van der Waals surface area contributed by atoms with E-state index in [0.717, 1.165) is 0 Å². The zero-order valence-corrected chi connectivity index (χ0v) is 12.2. The van der Waals surface area contributed by atoms with E-state index in [2.05, 4.69) is 0 Å². The van der Waals surface area contributed by atoms with Gasteiger partial charge in [0.05, 0.1) is 13.9 Å². The number of hydrogen-bond acceptors (Lipinski definition) is 4. The van der Waals surface area contributed by atoms with E-state index in [0.29, 0.717) is 24.9 Å². The molecule has 1 saturated heterocycles. The molecule has 1 saturated carbocycles. The van der Waals surface area contributed by atoms with Crippen molar-refractivity contribution in [3.05, 3.63) is 23.2 Å². The molecule has 0 aromatic heterocycles. The van der Waals surface area contributed by atoms with Crippen LogP contribution in [0.3, 0.4) is 0 Å². The molecule has 4 aliphatic rings. The number of ketones is 1. The quantitative estimate of drug-likeness (QED) is 0.795. The van der Waals surface area contributed by atoms with Gasteiger partial charge in [0.15, 0.2) is 23.4 Å². The van der Waals surface area contributed by atoms with Crippen LogP contribution >= 0.6 is 0 Å². The van der Waals surface area contributed by atoms with Crippen molar-refractivity contribution in [1.82, 2.24) is 4.90 Å². The van der Waals surface area contributed by atoms with Gasteiger partial charge in [0.25, 0.3) is 0 Å². The molecule has 116 valence electrons. The number of likely N-dealkylation sites (N-methyl/N-ethyl adjacent to an activating group) is 1. The molecule has 5 rings (SSSR count). The Morgan fingerprint density at radius 3 is 3.36 bits per heavy atom. The molecule has 1 spiro atoms. The predicted octanol–water partition coefficient (Wildman–Crippen LogP) is 1.93. The summed E-state index contributed by atoms with van der Waals surface area (Å²) in [7, 11) is -1.02. The van der Waals surface area contributed by atoms with Crippen LogP contribution in [0.5, 0.6) is 11.5 Å². The second kappa shape index (κ2) is 4.05. The number of hydrogen-bond donors (Lipinski definition) is 0. The fourth-order valence-electron chi connectivity index (χ4n) is 5.02. The van der Waals surface area contributed by atoms with Gasteiger partial charge >= 0.3 is 0 Å². The maximum absolute atomic E-state index is 12.9. The van der Waals surface area contributed by atoms with Crippen molar-refractivity contribution in [3.8, 4) is 11.5 Å². The smallest absolute Gasteiger partial charge is 0.174 e. The van der Waals surface area contributed by atoms with Gasteiger partial charge in [-0.25, -0.2) is 0 Å². The fourth-order valence-corrected chi connectivity index (χ4v) is 5.02. The van der Waals surface area contributed by atoms with Gasteiger partial charge in [-0.15, -0.1) is 0 Å². The van der Waals surface area contributed by atoms with Crippen LogP contribution in [0.15, 0.2) is 12.1 Å². The number of nitrogens with zero attached hydrogens (tertiary/aromatic N) is 1. The first-order valence-electron chi connectivity index (χ1n) is 11.2. The number of methoxy groups -OCH3 is 1. The summed E-state index contributed by atoms with van der Waals surface area (Å²) in [5.74, 6) is -0.733. The minimum absolute atomic E-state index is 0.0331. The molecule has 0 amide bonds. The number of piperidine rings is 1. The van der Waals surface area contributed by atoms with Crippen LogP contribution in [0.4, 0.5) is 0 Å². The first-order valence-corrected chi connectivity index (χ1v) is 7.68. The molecule has 2 aliphatic carbocycles. The molecule has 2 heterocycles. The number of rotatable bonds is 1. The van der Waals surface area contributed by atoms with Gasteiger partial charge < -0.3 is 14.4 Å². The molecule has 1 aromatic rings. The molecule has 0 radical (unpaired) electrons. The van der Waals surface area contributed by atoms with Crippen molar-refractivity contribution in [2.24, 2.45) is 5.92 Å². The second-order valence-corrected chi connectivity index (χ2v) is 6.73. The highest BCUT2D eigenvalue weighted by Gasteiger charge is 2.65. The van der Waals surface area contributed by atoms with E-state index in [1.807, 2.05) is 11.9 Å². The number of carbonyl (C=O) groups excluding carboxylic acids is 1. The summed E-state index contributed by atoms with van der Waals surface area (Å²) in [6, 6.07) is -1.47. The Morgan fingerprint density at radius 2 is 2.50 bits per heavy atom. The highest BCUT2D eigenvalue weighted by atomic mass is 16.5. The van der Waals surface area contributed by atoms with Gasteiger partial charge in [0.2, 0.25) is 0 Å². The number of likely N-dealkylation sites (tertiary alicyclic amines) is 1. The monoisotopic (exact) mass is 306 g/mol. The van der Waals surface area contributed by atoms with E-state index in [9.17, 15) is 4.79 Å². The lowest BCUT2D eigenvalue weighted by Crippen LogP contribution is -2.65. The van der Waals surface area contributed by atoms with Crippen molar-refractivity contribution < 1.29 is 23.9 Å². The summed E-state index contributed by atoms with van der Waals surface area (Å²) >= 11 is 0. The maximum atomic E-state index is 12.9. The van der Waals surface area contributed by atoms with Crippen LogP contribution < -0.4 is 9.47 Å². The van der Waals surface area contributed by atoms with Crippen molar-refractivity contribution in [3.63, 3.8) is 0 Å². The molecule has 0 N–H and O–H groups in total.